The Hall–Kier alpha value is -3.68. The van der Waals surface area contributed by atoms with Crippen LogP contribution >= 0.6 is 0 Å². The molecule has 8 heteroatoms. The number of pyridine rings is 1. The number of nitrogens with zero attached hydrogens (tertiary/aromatic N) is 4. The third kappa shape index (κ3) is 4.26. The average molecular weight is 395 g/mol. The van der Waals surface area contributed by atoms with Gasteiger partial charge in [-0.25, -0.2) is 9.67 Å². The number of hydrogen-bond donors (Lipinski definition) is 1. The molecule has 146 valence electrons. The Bertz CT molecular complexity index is 1090. The van der Waals surface area contributed by atoms with E-state index in [0.29, 0.717) is 18.1 Å². The van der Waals surface area contributed by atoms with E-state index in [9.17, 15) is 13.2 Å². The van der Waals surface area contributed by atoms with Gasteiger partial charge in [-0.3, -0.25) is 4.98 Å². The third-order valence-corrected chi connectivity index (χ3v) is 4.31. The minimum absolute atomic E-state index is 0.467. The van der Waals surface area contributed by atoms with E-state index < -0.39 is 11.7 Å². The number of halogens is 3. The molecule has 2 heterocycles. The van der Waals surface area contributed by atoms with Crippen molar-refractivity contribution in [1.29, 1.82) is 0 Å². The second kappa shape index (κ2) is 7.75. The van der Waals surface area contributed by atoms with Gasteiger partial charge in [0.05, 0.1) is 23.5 Å². The first-order chi connectivity index (χ1) is 14.0. The highest BCUT2D eigenvalue weighted by molar-refractivity contribution is 5.73. The molecule has 0 spiro atoms. The van der Waals surface area contributed by atoms with Crippen molar-refractivity contribution >= 4 is 5.69 Å². The third-order valence-electron chi connectivity index (χ3n) is 4.31. The number of para-hydroxylation sites is 1. The topological polar surface area (TPSA) is 55.6 Å². The highest BCUT2D eigenvalue weighted by Crippen LogP contribution is 2.30. The number of nitrogens with one attached hydrogen (secondary N) is 1. The quantitative estimate of drug-likeness (QED) is 0.519. The van der Waals surface area contributed by atoms with Crippen LogP contribution in [0.25, 0.3) is 17.1 Å². The van der Waals surface area contributed by atoms with Crippen LogP contribution in [0, 0.1) is 0 Å². The summed E-state index contributed by atoms with van der Waals surface area (Å²) in [5.74, 6) is 0.467. The van der Waals surface area contributed by atoms with Gasteiger partial charge in [0, 0.05) is 17.4 Å². The fraction of sp³-hybridized carbons (Fsp3) is 0.0952. The van der Waals surface area contributed by atoms with Crippen molar-refractivity contribution in [2.24, 2.45) is 0 Å². The molecular weight excluding hydrogens is 379 g/mol. The number of anilines is 1. The van der Waals surface area contributed by atoms with Crippen LogP contribution in [0.2, 0.25) is 0 Å². The molecule has 0 unspecified atom stereocenters. The van der Waals surface area contributed by atoms with Crippen molar-refractivity contribution in [3.63, 3.8) is 0 Å². The second-order valence-corrected chi connectivity index (χ2v) is 6.28. The molecule has 0 saturated carbocycles. The van der Waals surface area contributed by atoms with E-state index >= 15 is 0 Å². The van der Waals surface area contributed by atoms with Gasteiger partial charge in [-0.15, -0.1) is 5.10 Å². The predicted octanol–water partition coefficient (Wildman–Crippen LogP) is 4.96. The summed E-state index contributed by atoms with van der Waals surface area (Å²) in [6, 6.07) is 18.1. The van der Waals surface area contributed by atoms with Crippen LogP contribution in [0.5, 0.6) is 0 Å². The maximum atomic E-state index is 12.7. The summed E-state index contributed by atoms with van der Waals surface area (Å²) in [6.07, 6.45) is -1.16. The molecule has 0 aliphatic heterocycles. The Morgan fingerprint density at radius 1 is 0.862 bits per heavy atom. The van der Waals surface area contributed by atoms with Crippen LogP contribution in [-0.2, 0) is 12.7 Å². The van der Waals surface area contributed by atoms with Crippen molar-refractivity contribution in [2.75, 3.05) is 5.32 Å². The first-order valence-corrected chi connectivity index (χ1v) is 8.83. The zero-order valence-electron chi connectivity index (χ0n) is 15.1. The molecule has 1 N–H and O–H groups in total. The van der Waals surface area contributed by atoms with Gasteiger partial charge in [0.2, 0.25) is 0 Å². The Balaban J connectivity index is 1.57. The molecule has 0 radical (unpaired) electrons. The highest BCUT2D eigenvalue weighted by Gasteiger charge is 2.30. The lowest BCUT2D eigenvalue weighted by Crippen LogP contribution is -2.05. The van der Waals surface area contributed by atoms with Gasteiger partial charge < -0.3 is 5.32 Å². The Labute approximate surface area is 164 Å². The molecule has 29 heavy (non-hydrogen) atoms. The van der Waals surface area contributed by atoms with Gasteiger partial charge in [-0.2, -0.15) is 13.2 Å². The van der Waals surface area contributed by atoms with E-state index in [1.165, 1.54) is 23.1 Å². The van der Waals surface area contributed by atoms with Crippen LogP contribution in [0.4, 0.5) is 18.9 Å². The Morgan fingerprint density at radius 3 is 2.34 bits per heavy atom. The van der Waals surface area contributed by atoms with Gasteiger partial charge in [-0.1, -0.05) is 18.2 Å². The van der Waals surface area contributed by atoms with Crippen LogP contribution in [0.1, 0.15) is 11.3 Å². The highest BCUT2D eigenvalue weighted by atomic mass is 19.4. The van der Waals surface area contributed by atoms with Crippen molar-refractivity contribution in [3.8, 4) is 17.1 Å². The molecule has 2 aromatic heterocycles. The number of hydrogen-bond acceptors (Lipinski definition) is 4. The van der Waals surface area contributed by atoms with E-state index in [0.717, 1.165) is 29.1 Å². The van der Waals surface area contributed by atoms with Crippen LogP contribution in [0.3, 0.4) is 0 Å². The molecule has 0 aliphatic rings. The fourth-order valence-electron chi connectivity index (χ4n) is 2.83. The lowest BCUT2D eigenvalue weighted by Gasteiger charge is -2.10. The molecule has 0 aliphatic carbocycles. The van der Waals surface area contributed by atoms with Crippen molar-refractivity contribution in [3.05, 3.63) is 90.5 Å². The van der Waals surface area contributed by atoms with Crippen molar-refractivity contribution in [2.45, 2.75) is 12.7 Å². The van der Waals surface area contributed by atoms with E-state index in [1.807, 2.05) is 42.5 Å². The molecule has 2 aromatic carbocycles. The fourth-order valence-corrected chi connectivity index (χ4v) is 2.83. The van der Waals surface area contributed by atoms with Gasteiger partial charge in [0.15, 0.2) is 5.82 Å². The number of benzene rings is 2. The summed E-state index contributed by atoms with van der Waals surface area (Å²) < 4.78 is 39.7. The first-order valence-electron chi connectivity index (χ1n) is 8.83. The van der Waals surface area contributed by atoms with Crippen LogP contribution in [-0.4, -0.2) is 19.7 Å². The Kier molecular flexibility index (Phi) is 4.99. The monoisotopic (exact) mass is 395 g/mol. The van der Waals surface area contributed by atoms with E-state index in [1.54, 1.807) is 6.20 Å². The van der Waals surface area contributed by atoms with Crippen molar-refractivity contribution in [1.82, 2.24) is 19.7 Å². The van der Waals surface area contributed by atoms with Gasteiger partial charge in [0.25, 0.3) is 0 Å². The maximum Gasteiger partial charge on any atom is 0.416 e. The smallest absolute Gasteiger partial charge is 0.379 e. The summed E-state index contributed by atoms with van der Waals surface area (Å²) in [5.41, 5.74) is 2.31. The van der Waals surface area contributed by atoms with Crippen molar-refractivity contribution < 1.29 is 13.2 Å². The standard InChI is InChI=1S/C21H16F3N5/c22-21(23,24)15-8-10-17(11-9-15)29-14-27-20(28-29)18-6-1-2-7-19(18)26-13-16-5-3-4-12-25-16/h1-12,14,26H,13H2. The van der Waals surface area contributed by atoms with Crippen LogP contribution in [0.15, 0.2) is 79.3 Å². The molecule has 0 amide bonds. The van der Waals surface area contributed by atoms with E-state index in [4.69, 9.17) is 0 Å². The normalized spacial score (nSPS) is 11.4. The molecule has 0 bridgehead atoms. The minimum atomic E-state index is -4.37. The average Bonchev–Trinajstić information content (AvgIpc) is 3.23. The van der Waals surface area contributed by atoms with Gasteiger partial charge in [0.1, 0.15) is 6.33 Å². The molecule has 0 atom stereocenters. The molecule has 4 rings (SSSR count). The van der Waals surface area contributed by atoms with Gasteiger partial charge >= 0.3 is 6.18 Å². The number of alkyl halides is 3. The second-order valence-electron chi connectivity index (χ2n) is 6.28. The molecule has 0 saturated heterocycles. The zero-order valence-corrected chi connectivity index (χ0v) is 15.1. The summed E-state index contributed by atoms with van der Waals surface area (Å²) in [5, 5.41) is 7.75. The zero-order chi connectivity index (χ0) is 20.3. The summed E-state index contributed by atoms with van der Waals surface area (Å²) in [6.45, 7) is 0.539. The van der Waals surface area contributed by atoms with Crippen LogP contribution < -0.4 is 5.32 Å². The SMILES string of the molecule is FC(F)(F)c1ccc(-n2cnc(-c3ccccc3NCc3ccccn3)n2)cc1. The molecule has 4 aromatic rings. The lowest BCUT2D eigenvalue weighted by molar-refractivity contribution is -0.137. The van der Waals surface area contributed by atoms with E-state index in [-0.39, 0.29) is 0 Å². The number of aromatic nitrogens is 4. The van der Waals surface area contributed by atoms with E-state index in [2.05, 4.69) is 20.4 Å². The summed E-state index contributed by atoms with van der Waals surface area (Å²) in [4.78, 5) is 8.61. The minimum Gasteiger partial charge on any atom is -0.379 e. The largest absolute Gasteiger partial charge is 0.416 e. The predicted molar refractivity (Wildman–Crippen MR) is 103 cm³/mol. The Morgan fingerprint density at radius 2 is 1.62 bits per heavy atom. The molecule has 5 nitrogen and oxygen atoms in total. The lowest BCUT2D eigenvalue weighted by atomic mass is 10.1. The van der Waals surface area contributed by atoms with Gasteiger partial charge in [-0.05, 0) is 48.5 Å². The molecule has 0 fully saturated rings. The first kappa shape index (κ1) is 18.7. The summed E-state index contributed by atoms with van der Waals surface area (Å²) >= 11 is 0. The summed E-state index contributed by atoms with van der Waals surface area (Å²) in [7, 11) is 0. The maximum absolute atomic E-state index is 12.7. The number of rotatable bonds is 5. The molecular formula is C21H16F3N5.